The zero-order valence-electron chi connectivity index (χ0n) is 3.29. The van der Waals surface area contributed by atoms with E-state index in [1.54, 1.807) is 0 Å². The van der Waals surface area contributed by atoms with Crippen LogP contribution in [0.2, 0.25) is 0 Å². The highest BCUT2D eigenvalue weighted by Gasteiger charge is 1.75. The van der Waals surface area contributed by atoms with Crippen LogP contribution in [0.1, 0.15) is 0 Å². The van der Waals surface area contributed by atoms with Gasteiger partial charge in [0.05, 0.1) is 7.05 Å². The van der Waals surface area contributed by atoms with Gasteiger partial charge in [0.1, 0.15) is 0 Å². The van der Waals surface area contributed by atoms with Gasteiger partial charge in [0, 0.05) is 0 Å². The summed E-state index contributed by atoms with van der Waals surface area (Å²) in [5.41, 5.74) is 0. The Bertz CT molecular complexity index is 77.6. The standard InChI is InChI=1S/C2H4N2O2/c1-3-4(6)2-5/h2H,1H3/b4-3-. The first-order valence-electron chi connectivity index (χ1n) is 1.32. The molecule has 0 aromatic carbocycles. The quantitative estimate of drug-likeness (QED) is 0.192. The highest BCUT2D eigenvalue weighted by molar-refractivity contribution is 5.33. The maximum Gasteiger partial charge on any atom is 0.411 e. The van der Waals surface area contributed by atoms with E-state index in [1.807, 2.05) is 0 Å². The molecular formula is C2H4N2O2. The van der Waals surface area contributed by atoms with Crippen LogP contribution in [-0.2, 0) is 4.79 Å². The number of hydroxylamine groups is 1. The monoisotopic (exact) mass is 88.0 g/mol. The third-order valence-corrected chi connectivity index (χ3v) is 0.287. The van der Waals surface area contributed by atoms with E-state index in [0.717, 1.165) is 0 Å². The average Bonchev–Trinajstić information content (AvgIpc) is 1.65. The van der Waals surface area contributed by atoms with Crippen LogP contribution >= 0.6 is 0 Å². The van der Waals surface area contributed by atoms with Crippen molar-refractivity contribution in [1.82, 2.24) is 0 Å². The minimum absolute atomic E-state index is 0.0556. The SMILES string of the molecule is C/N=[N+](\[O-])C=O. The summed E-state index contributed by atoms with van der Waals surface area (Å²) in [4.78, 5) is 9.20. The van der Waals surface area contributed by atoms with Crippen LogP contribution in [0.15, 0.2) is 5.11 Å². The Balaban J connectivity index is 3.50. The fourth-order valence-corrected chi connectivity index (χ4v) is 0.0471. The third-order valence-electron chi connectivity index (χ3n) is 0.287. The van der Waals surface area contributed by atoms with E-state index in [9.17, 15) is 10.0 Å². The topological polar surface area (TPSA) is 55.5 Å². The third kappa shape index (κ3) is 1.40. The Morgan fingerprint density at radius 2 is 2.50 bits per heavy atom. The molecule has 0 radical (unpaired) electrons. The number of azo groups is 1. The maximum absolute atomic E-state index is 9.56. The number of hydrogen-bond donors (Lipinski definition) is 0. The van der Waals surface area contributed by atoms with Gasteiger partial charge >= 0.3 is 6.41 Å². The molecule has 0 fully saturated rings. The van der Waals surface area contributed by atoms with E-state index in [1.165, 1.54) is 7.05 Å². The lowest BCUT2D eigenvalue weighted by molar-refractivity contribution is -0.432. The summed E-state index contributed by atoms with van der Waals surface area (Å²) in [6.07, 6.45) is 0.0833. The van der Waals surface area contributed by atoms with Gasteiger partial charge in [-0.1, -0.05) is 0 Å². The zero-order valence-corrected chi connectivity index (χ0v) is 3.29. The Labute approximate surface area is 34.7 Å². The highest BCUT2D eigenvalue weighted by atomic mass is 16.5. The van der Waals surface area contributed by atoms with Crippen molar-refractivity contribution in [3.8, 4) is 0 Å². The van der Waals surface area contributed by atoms with Crippen molar-refractivity contribution in [3.05, 3.63) is 5.21 Å². The van der Waals surface area contributed by atoms with Crippen LogP contribution in [0.25, 0.3) is 0 Å². The Kier molecular flexibility index (Phi) is 1.96. The van der Waals surface area contributed by atoms with E-state index >= 15 is 0 Å². The molecule has 0 aliphatic heterocycles. The van der Waals surface area contributed by atoms with Gasteiger partial charge in [0.2, 0.25) is 0 Å². The normalized spacial score (nSPS) is 11.2. The van der Waals surface area contributed by atoms with Crippen molar-refractivity contribution in [2.24, 2.45) is 5.11 Å². The van der Waals surface area contributed by atoms with Gasteiger partial charge in [-0.25, -0.2) is 4.79 Å². The molecular weight excluding hydrogens is 84.0 g/mol. The number of nitrogens with zero attached hydrogens (tertiary/aromatic N) is 2. The van der Waals surface area contributed by atoms with Crippen molar-refractivity contribution in [2.45, 2.75) is 0 Å². The molecule has 4 nitrogen and oxygen atoms in total. The van der Waals surface area contributed by atoms with Crippen LogP contribution in [0.5, 0.6) is 0 Å². The molecule has 0 aromatic heterocycles. The van der Waals surface area contributed by atoms with Crippen LogP contribution in [0, 0.1) is 5.21 Å². The summed E-state index contributed by atoms with van der Waals surface area (Å²) in [7, 11) is 1.24. The van der Waals surface area contributed by atoms with Gasteiger partial charge in [-0.05, 0) is 9.97 Å². The minimum atomic E-state index is -0.0556. The van der Waals surface area contributed by atoms with E-state index in [0.29, 0.717) is 0 Å². The minimum Gasteiger partial charge on any atom is -0.592 e. The Morgan fingerprint density at radius 3 is 2.50 bits per heavy atom. The molecule has 0 unspecified atom stereocenters. The predicted octanol–water partition coefficient (Wildman–Crippen LogP) is -0.265. The molecule has 0 aliphatic rings. The summed E-state index contributed by atoms with van der Waals surface area (Å²) in [6.45, 7) is 0. The van der Waals surface area contributed by atoms with Gasteiger partial charge in [-0.2, -0.15) is 0 Å². The van der Waals surface area contributed by atoms with Crippen molar-refractivity contribution >= 4 is 6.41 Å². The molecule has 0 aliphatic carbocycles. The lowest BCUT2D eigenvalue weighted by atomic mass is 11.4. The summed E-state index contributed by atoms with van der Waals surface area (Å²) in [5.74, 6) is 0. The molecule has 0 saturated heterocycles. The second kappa shape index (κ2) is 2.32. The van der Waals surface area contributed by atoms with Gasteiger partial charge in [-0.3, -0.25) is 0 Å². The lowest BCUT2D eigenvalue weighted by Gasteiger charge is -1.79. The first-order valence-corrected chi connectivity index (χ1v) is 1.32. The predicted molar refractivity (Wildman–Crippen MR) is 18.0 cm³/mol. The fraction of sp³-hybridized carbons (Fsp3) is 0.500. The highest BCUT2D eigenvalue weighted by Crippen LogP contribution is 1.57. The van der Waals surface area contributed by atoms with E-state index in [-0.39, 0.29) is 11.3 Å². The van der Waals surface area contributed by atoms with Crippen LogP contribution in [-0.4, -0.2) is 18.3 Å². The maximum atomic E-state index is 9.56. The number of rotatable bonds is 1. The van der Waals surface area contributed by atoms with Gasteiger partial charge in [0.25, 0.3) is 0 Å². The van der Waals surface area contributed by atoms with Crippen molar-refractivity contribution in [1.29, 1.82) is 0 Å². The number of amides is 1. The Morgan fingerprint density at radius 1 is 2.00 bits per heavy atom. The second-order valence-corrected chi connectivity index (χ2v) is 0.608. The molecule has 0 N–H and O–H groups in total. The zero-order chi connectivity index (χ0) is 4.99. The summed E-state index contributed by atoms with van der Waals surface area (Å²) < 4.78 is 0. The molecule has 0 rings (SSSR count). The molecule has 0 saturated carbocycles. The summed E-state index contributed by atoms with van der Waals surface area (Å²) in [6, 6.07) is 0. The molecule has 4 heteroatoms. The van der Waals surface area contributed by atoms with Gasteiger partial charge in [-0.15, -0.1) is 0 Å². The fourth-order valence-electron chi connectivity index (χ4n) is 0.0471. The lowest BCUT2D eigenvalue weighted by Crippen LogP contribution is -1.92. The molecule has 0 spiro atoms. The summed E-state index contributed by atoms with van der Waals surface area (Å²) in [5, 5.41) is 12.5. The number of carbonyl (C=O) groups is 1. The molecule has 34 valence electrons. The largest absolute Gasteiger partial charge is 0.592 e. The molecule has 0 heterocycles. The first-order chi connectivity index (χ1) is 2.81. The van der Waals surface area contributed by atoms with Crippen molar-refractivity contribution in [3.63, 3.8) is 0 Å². The van der Waals surface area contributed by atoms with Gasteiger partial charge in [0.15, 0.2) is 0 Å². The molecule has 6 heavy (non-hydrogen) atoms. The first kappa shape index (κ1) is 5.07. The molecule has 0 aromatic rings. The van der Waals surface area contributed by atoms with Gasteiger partial charge < -0.3 is 5.21 Å². The molecule has 0 atom stereocenters. The van der Waals surface area contributed by atoms with Crippen molar-refractivity contribution < 1.29 is 9.66 Å². The van der Waals surface area contributed by atoms with Crippen LogP contribution < -0.4 is 0 Å². The average molecular weight is 88.1 g/mol. The molecule has 1 amide bonds. The van der Waals surface area contributed by atoms with Crippen LogP contribution in [0.3, 0.4) is 0 Å². The second-order valence-electron chi connectivity index (χ2n) is 0.608. The van der Waals surface area contributed by atoms with E-state index in [4.69, 9.17) is 0 Å². The Hall–Kier alpha value is -0.930. The molecule has 0 bridgehead atoms. The van der Waals surface area contributed by atoms with E-state index < -0.39 is 0 Å². The van der Waals surface area contributed by atoms with Crippen LogP contribution in [0.4, 0.5) is 0 Å². The van der Waals surface area contributed by atoms with E-state index in [2.05, 4.69) is 5.11 Å². The van der Waals surface area contributed by atoms with Crippen molar-refractivity contribution in [2.75, 3.05) is 7.05 Å². The number of carbonyl (C=O) groups excluding carboxylic acids is 1. The number of hydrogen-bond acceptors (Lipinski definition) is 3. The smallest absolute Gasteiger partial charge is 0.411 e. The summed E-state index contributed by atoms with van der Waals surface area (Å²) >= 11 is 0.